The Hall–Kier alpha value is -4.99. The van der Waals surface area contributed by atoms with Crippen molar-refractivity contribution < 1.29 is 0 Å². The second-order valence-corrected chi connectivity index (χ2v) is 12.9. The zero-order valence-corrected chi connectivity index (χ0v) is 24.7. The Morgan fingerprint density at radius 3 is 1.93 bits per heavy atom. The van der Waals surface area contributed by atoms with Crippen molar-refractivity contribution in [2.24, 2.45) is 0 Å². The zero-order chi connectivity index (χ0) is 28.9. The summed E-state index contributed by atoms with van der Waals surface area (Å²) in [4.78, 5) is 16.3. The number of benzene rings is 6. The van der Waals surface area contributed by atoms with Gasteiger partial charge >= 0.3 is 0 Å². The van der Waals surface area contributed by atoms with Gasteiger partial charge in [0.25, 0.3) is 0 Å². The van der Waals surface area contributed by atoms with Crippen molar-refractivity contribution in [3.63, 3.8) is 0 Å². The predicted octanol–water partition coefficient (Wildman–Crippen LogP) is 10.2. The molecule has 1 aromatic heterocycles. The minimum atomic E-state index is -0.524. The standard InChI is InChI=1S/C40H27NOS/c1-24-19-20-34(25(2)21-24)41-35-16-8-6-14-31(35)40(32-15-7-9-17-36(32)41)30-13-5-3-11-26(30)28-22-29-38(23-33(28)40)43-37-18-10-4-12-27(37)39(29)42/h3-23H,1-2H3. The van der Waals surface area contributed by atoms with Gasteiger partial charge in [0.15, 0.2) is 5.43 Å². The van der Waals surface area contributed by atoms with Crippen LogP contribution in [0.4, 0.5) is 17.1 Å². The van der Waals surface area contributed by atoms with E-state index in [-0.39, 0.29) is 5.43 Å². The first-order valence-corrected chi connectivity index (χ1v) is 15.6. The van der Waals surface area contributed by atoms with Crippen LogP contribution in [0, 0.1) is 13.8 Å². The number of para-hydroxylation sites is 2. The van der Waals surface area contributed by atoms with Crippen molar-refractivity contribution in [2.75, 3.05) is 4.90 Å². The second-order valence-electron chi connectivity index (χ2n) is 11.8. The van der Waals surface area contributed by atoms with E-state index < -0.39 is 5.41 Å². The first-order valence-electron chi connectivity index (χ1n) is 14.7. The van der Waals surface area contributed by atoms with E-state index in [1.54, 1.807) is 11.3 Å². The number of rotatable bonds is 1. The fraction of sp³-hybridized carbons (Fsp3) is 0.0750. The summed E-state index contributed by atoms with van der Waals surface area (Å²) in [5, 5.41) is 1.59. The summed E-state index contributed by atoms with van der Waals surface area (Å²) in [5.41, 5.74) is 13.0. The molecule has 2 aliphatic rings. The van der Waals surface area contributed by atoms with E-state index in [0.717, 1.165) is 25.7 Å². The minimum absolute atomic E-state index is 0.107. The van der Waals surface area contributed by atoms with Crippen molar-refractivity contribution in [2.45, 2.75) is 19.3 Å². The largest absolute Gasteiger partial charge is 0.310 e. The maximum Gasteiger partial charge on any atom is 0.195 e. The van der Waals surface area contributed by atoms with Crippen LogP contribution >= 0.6 is 11.3 Å². The van der Waals surface area contributed by atoms with Gasteiger partial charge < -0.3 is 4.90 Å². The fourth-order valence-electron chi connectivity index (χ4n) is 7.71. The van der Waals surface area contributed by atoms with E-state index in [9.17, 15) is 4.79 Å². The van der Waals surface area contributed by atoms with Gasteiger partial charge in [-0.1, -0.05) is 90.5 Å². The van der Waals surface area contributed by atoms with E-state index >= 15 is 0 Å². The Morgan fingerprint density at radius 1 is 0.535 bits per heavy atom. The normalized spacial score (nSPS) is 14.0. The molecule has 1 aliphatic carbocycles. The molecule has 0 unspecified atom stereocenters. The molecule has 0 radical (unpaired) electrons. The molecule has 0 saturated heterocycles. The van der Waals surface area contributed by atoms with E-state index in [1.807, 2.05) is 18.2 Å². The molecule has 0 atom stereocenters. The highest BCUT2D eigenvalue weighted by molar-refractivity contribution is 7.24. The second kappa shape index (κ2) is 8.76. The molecule has 6 aromatic carbocycles. The molecule has 43 heavy (non-hydrogen) atoms. The number of hydrogen-bond donors (Lipinski definition) is 0. The van der Waals surface area contributed by atoms with Gasteiger partial charge in [-0.15, -0.1) is 11.3 Å². The van der Waals surface area contributed by atoms with Crippen molar-refractivity contribution in [1.82, 2.24) is 0 Å². The first kappa shape index (κ1) is 24.6. The van der Waals surface area contributed by atoms with Crippen LogP contribution in [0.5, 0.6) is 0 Å². The van der Waals surface area contributed by atoms with Crippen LogP contribution in [0.15, 0.2) is 132 Å². The maximum atomic E-state index is 13.8. The molecule has 2 heterocycles. The van der Waals surface area contributed by atoms with Crippen LogP contribution in [0.3, 0.4) is 0 Å². The molecule has 0 amide bonds. The van der Waals surface area contributed by atoms with Gasteiger partial charge in [-0.2, -0.15) is 0 Å². The van der Waals surface area contributed by atoms with Gasteiger partial charge in [-0.05, 0) is 95.3 Å². The van der Waals surface area contributed by atoms with Gasteiger partial charge in [0, 0.05) is 25.9 Å². The topological polar surface area (TPSA) is 20.3 Å². The Bertz CT molecular complexity index is 2320. The molecule has 204 valence electrons. The predicted molar refractivity (Wildman–Crippen MR) is 181 cm³/mol. The number of aryl methyl sites for hydroxylation is 2. The van der Waals surface area contributed by atoms with Crippen molar-refractivity contribution in [1.29, 1.82) is 0 Å². The molecule has 0 fully saturated rings. The molecular formula is C40H27NOS. The summed E-state index contributed by atoms with van der Waals surface area (Å²) in [7, 11) is 0. The van der Waals surface area contributed by atoms with E-state index in [0.29, 0.717) is 0 Å². The number of fused-ring (bicyclic) bond motifs is 11. The smallest absolute Gasteiger partial charge is 0.195 e. The Balaban J connectivity index is 1.45. The summed E-state index contributed by atoms with van der Waals surface area (Å²) in [6.45, 7) is 4.36. The highest BCUT2D eigenvalue weighted by Gasteiger charge is 2.51. The van der Waals surface area contributed by atoms with Gasteiger partial charge in [0.1, 0.15) is 0 Å². The minimum Gasteiger partial charge on any atom is -0.310 e. The fourth-order valence-corrected chi connectivity index (χ4v) is 8.81. The third-order valence-corrected chi connectivity index (χ3v) is 10.6. The van der Waals surface area contributed by atoms with Crippen LogP contribution < -0.4 is 10.3 Å². The molecule has 1 aliphatic heterocycles. The monoisotopic (exact) mass is 569 g/mol. The Labute approximate surface area is 254 Å². The lowest BCUT2D eigenvalue weighted by atomic mass is 9.64. The van der Waals surface area contributed by atoms with Gasteiger partial charge in [0.05, 0.1) is 16.8 Å². The molecule has 2 nitrogen and oxygen atoms in total. The van der Waals surface area contributed by atoms with Crippen LogP contribution in [-0.4, -0.2) is 0 Å². The quantitative estimate of drug-likeness (QED) is 0.183. The van der Waals surface area contributed by atoms with Gasteiger partial charge in [-0.25, -0.2) is 0 Å². The summed E-state index contributed by atoms with van der Waals surface area (Å²) in [5.74, 6) is 0. The molecule has 0 bridgehead atoms. The Kier molecular flexibility index (Phi) is 5.01. The lowest BCUT2D eigenvalue weighted by molar-refractivity contribution is 0.753. The highest BCUT2D eigenvalue weighted by Crippen LogP contribution is 2.63. The molecule has 0 saturated carbocycles. The van der Waals surface area contributed by atoms with Gasteiger partial charge in [0.2, 0.25) is 0 Å². The van der Waals surface area contributed by atoms with Gasteiger partial charge in [-0.3, -0.25) is 4.79 Å². The SMILES string of the molecule is Cc1ccc(N2c3ccccc3C3(c4ccccc4-c4cc5c(=O)c6ccccc6sc5cc43)c3ccccc32)c(C)c1. The molecule has 0 N–H and O–H groups in total. The summed E-state index contributed by atoms with van der Waals surface area (Å²) >= 11 is 1.71. The number of hydrogen-bond acceptors (Lipinski definition) is 3. The van der Waals surface area contributed by atoms with Crippen molar-refractivity contribution in [3.05, 3.63) is 171 Å². The van der Waals surface area contributed by atoms with Crippen LogP contribution in [0.2, 0.25) is 0 Å². The highest BCUT2D eigenvalue weighted by atomic mass is 32.1. The average Bonchev–Trinajstić information content (AvgIpc) is 3.31. The zero-order valence-electron chi connectivity index (χ0n) is 23.9. The summed E-state index contributed by atoms with van der Waals surface area (Å²) in [6, 6.07) is 45.8. The Morgan fingerprint density at radius 2 is 1.19 bits per heavy atom. The molecule has 3 heteroatoms. The molecule has 1 spiro atoms. The van der Waals surface area contributed by atoms with E-state index in [2.05, 4.69) is 128 Å². The number of anilines is 3. The maximum absolute atomic E-state index is 13.8. The third-order valence-electron chi connectivity index (χ3n) is 9.43. The molecule has 9 rings (SSSR count). The molecule has 7 aromatic rings. The van der Waals surface area contributed by atoms with E-state index in [4.69, 9.17) is 0 Å². The van der Waals surface area contributed by atoms with E-state index in [1.165, 1.54) is 56.0 Å². The average molecular weight is 570 g/mol. The van der Waals surface area contributed by atoms with Crippen molar-refractivity contribution >= 4 is 48.6 Å². The lowest BCUT2D eigenvalue weighted by Crippen LogP contribution is -2.36. The summed E-state index contributed by atoms with van der Waals surface area (Å²) in [6.07, 6.45) is 0. The van der Waals surface area contributed by atoms with Crippen molar-refractivity contribution in [3.8, 4) is 11.1 Å². The van der Waals surface area contributed by atoms with Crippen LogP contribution in [0.1, 0.15) is 33.4 Å². The van der Waals surface area contributed by atoms with Crippen LogP contribution in [-0.2, 0) is 5.41 Å². The first-order chi connectivity index (χ1) is 21.1. The number of nitrogens with zero attached hydrogens (tertiary/aromatic N) is 1. The van der Waals surface area contributed by atoms with Crippen LogP contribution in [0.25, 0.3) is 31.3 Å². The summed E-state index contributed by atoms with van der Waals surface area (Å²) < 4.78 is 2.05. The third kappa shape index (κ3) is 3.15. The lowest BCUT2D eigenvalue weighted by Gasteiger charge is -2.45. The molecular weight excluding hydrogens is 543 g/mol.